The molecular weight excluding hydrogens is 222 g/mol. The summed E-state index contributed by atoms with van der Waals surface area (Å²) >= 11 is 0. The van der Waals surface area contributed by atoms with Gasteiger partial charge in [0.25, 0.3) is 0 Å². The van der Waals surface area contributed by atoms with E-state index in [-0.39, 0.29) is 0 Å². The molecule has 0 saturated heterocycles. The Balaban J connectivity index is 2.23. The van der Waals surface area contributed by atoms with E-state index in [4.69, 9.17) is 5.10 Å². The van der Waals surface area contributed by atoms with Crippen LogP contribution >= 0.6 is 0 Å². The smallest absolute Gasteiger partial charge is 0.0841 e. The molecule has 18 heavy (non-hydrogen) atoms. The van der Waals surface area contributed by atoms with Crippen molar-refractivity contribution >= 4 is 10.9 Å². The van der Waals surface area contributed by atoms with Crippen molar-refractivity contribution in [2.75, 3.05) is 6.54 Å². The van der Waals surface area contributed by atoms with Gasteiger partial charge in [0.15, 0.2) is 0 Å². The molecule has 0 atom stereocenters. The number of aromatic nitrogens is 2. The van der Waals surface area contributed by atoms with E-state index in [2.05, 4.69) is 48.1 Å². The molecule has 1 aromatic carbocycles. The molecule has 0 fully saturated rings. The van der Waals surface area contributed by atoms with E-state index in [1.807, 2.05) is 0 Å². The maximum Gasteiger partial charge on any atom is 0.0841 e. The van der Waals surface area contributed by atoms with Crippen LogP contribution in [0.2, 0.25) is 0 Å². The molecule has 3 nitrogen and oxygen atoms in total. The summed E-state index contributed by atoms with van der Waals surface area (Å²) in [6.45, 7) is 7.34. The summed E-state index contributed by atoms with van der Waals surface area (Å²) in [5.41, 5.74) is 2.44. The minimum absolute atomic E-state index is 0.869. The van der Waals surface area contributed by atoms with E-state index in [0.717, 1.165) is 26.1 Å². The van der Waals surface area contributed by atoms with E-state index in [9.17, 15) is 0 Å². The predicted octanol–water partition coefficient (Wildman–Crippen LogP) is 3.34. The zero-order chi connectivity index (χ0) is 12.8. The molecule has 1 aromatic heterocycles. The van der Waals surface area contributed by atoms with Gasteiger partial charge in [0.05, 0.1) is 11.2 Å². The van der Waals surface area contributed by atoms with Crippen molar-refractivity contribution in [3.63, 3.8) is 0 Å². The Bertz CT molecular complexity index is 487. The van der Waals surface area contributed by atoms with Crippen LogP contribution in [0.4, 0.5) is 0 Å². The Hall–Kier alpha value is -1.35. The first kappa shape index (κ1) is 13.1. The number of nitrogens with zero attached hydrogens (tertiary/aromatic N) is 2. The second-order valence-electron chi connectivity index (χ2n) is 4.72. The van der Waals surface area contributed by atoms with Crippen molar-refractivity contribution in [1.29, 1.82) is 0 Å². The Kier molecular flexibility index (Phi) is 4.76. The first-order chi connectivity index (χ1) is 8.86. The van der Waals surface area contributed by atoms with Crippen LogP contribution in [0, 0.1) is 0 Å². The fourth-order valence-corrected chi connectivity index (χ4v) is 2.19. The number of unbranched alkanes of at least 4 members (excludes halogenated alkanes) is 1. The first-order valence-corrected chi connectivity index (χ1v) is 7.02. The molecule has 0 amide bonds. The predicted molar refractivity (Wildman–Crippen MR) is 76.6 cm³/mol. The average molecular weight is 245 g/mol. The molecule has 0 unspecified atom stereocenters. The van der Waals surface area contributed by atoms with Crippen molar-refractivity contribution in [2.45, 2.75) is 46.2 Å². The number of nitrogens with one attached hydrogen (secondary N) is 1. The number of fused-ring (bicyclic) bond motifs is 1. The minimum Gasteiger partial charge on any atom is -0.311 e. The molecule has 0 aliphatic heterocycles. The third kappa shape index (κ3) is 2.91. The second-order valence-corrected chi connectivity index (χ2v) is 4.72. The van der Waals surface area contributed by atoms with Crippen LogP contribution < -0.4 is 5.32 Å². The maximum atomic E-state index is 4.75. The van der Waals surface area contributed by atoms with Crippen LogP contribution in [0.3, 0.4) is 0 Å². The average Bonchev–Trinajstić information content (AvgIpc) is 2.76. The quantitative estimate of drug-likeness (QED) is 0.758. The number of hydrogen-bond acceptors (Lipinski definition) is 2. The van der Waals surface area contributed by atoms with Gasteiger partial charge in [-0.05, 0) is 25.5 Å². The molecule has 0 bridgehead atoms. The van der Waals surface area contributed by atoms with Gasteiger partial charge in [0.2, 0.25) is 0 Å². The SMILES string of the molecule is CCCCn1nc(CNCCC)c2ccccc21. The van der Waals surface area contributed by atoms with Gasteiger partial charge in [-0.2, -0.15) is 5.10 Å². The highest BCUT2D eigenvalue weighted by atomic mass is 15.3. The van der Waals surface area contributed by atoms with Crippen LogP contribution in [0.25, 0.3) is 10.9 Å². The van der Waals surface area contributed by atoms with Crippen LogP contribution in [-0.2, 0) is 13.1 Å². The number of hydrogen-bond donors (Lipinski definition) is 1. The monoisotopic (exact) mass is 245 g/mol. The lowest BCUT2D eigenvalue weighted by Gasteiger charge is -2.01. The molecule has 3 heteroatoms. The van der Waals surface area contributed by atoms with E-state index in [0.29, 0.717) is 0 Å². The summed E-state index contributed by atoms with van der Waals surface area (Å²) in [6.07, 6.45) is 3.56. The van der Waals surface area contributed by atoms with Gasteiger partial charge in [0, 0.05) is 18.5 Å². The summed E-state index contributed by atoms with van der Waals surface area (Å²) in [7, 11) is 0. The highest BCUT2D eigenvalue weighted by Gasteiger charge is 2.08. The molecule has 0 aliphatic rings. The highest BCUT2D eigenvalue weighted by Crippen LogP contribution is 2.18. The molecule has 0 saturated carbocycles. The topological polar surface area (TPSA) is 29.9 Å². The summed E-state index contributed by atoms with van der Waals surface area (Å²) in [6, 6.07) is 8.53. The Morgan fingerprint density at radius 3 is 2.78 bits per heavy atom. The molecular formula is C15H23N3. The number of rotatable bonds is 7. The Morgan fingerprint density at radius 1 is 1.17 bits per heavy atom. The van der Waals surface area contributed by atoms with E-state index >= 15 is 0 Å². The summed E-state index contributed by atoms with van der Waals surface area (Å²) < 4.78 is 2.15. The Morgan fingerprint density at radius 2 is 2.00 bits per heavy atom. The molecule has 2 aromatic rings. The van der Waals surface area contributed by atoms with Gasteiger partial charge >= 0.3 is 0 Å². The third-order valence-corrected chi connectivity index (χ3v) is 3.18. The van der Waals surface area contributed by atoms with Crippen molar-refractivity contribution in [3.05, 3.63) is 30.0 Å². The van der Waals surface area contributed by atoms with Crippen LogP contribution in [-0.4, -0.2) is 16.3 Å². The molecule has 0 aliphatic carbocycles. The van der Waals surface area contributed by atoms with Crippen molar-refractivity contribution in [1.82, 2.24) is 15.1 Å². The zero-order valence-electron chi connectivity index (χ0n) is 11.4. The lowest BCUT2D eigenvalue weighted by Crippen LogP contribution is -2.14. The van der Waals surface area contributed by atoms with Crippen LogP contribution in [0.15, 0.2) is 24.3 Å². The highest BCUT2D eigenvalue weighted by molar-refractivity contribution is 5.81. The van der Waals surface area contributed by atoms with Gasteiger partial charge in [-0.1, -0.05) is 38.5 Å². The molecule has 98 valence electrons. The third-order valence-electron chi connectivity index (χ3n) is 3.18. The number of benzene rings is 1. The number of aryl methyl sites for hydroxylation is 1. The first-order valence-electron chi connectivity index (χ1n) is 7.02. The lowest BCUT2D eigenvalue weighted by atomic mass is 10.2. The van der Waals surface area contributed by atoms with Crippen molar-refractivity contribution < 1.29 is 0 Å². The van der Waals surface area contributed by atoms with Crippen molar-refractivity contribution in [3.8, 4) is 0 Å². The summed E-state index contributed by atoms with van der Waals surface area (Å²) in [5.74, 6) is 0. The lowest BCUT2D eigenvalue weighted by molar-refractivity contribution is 0.571. The van der Waals surface area contributed by atoms with Gasteiger partial charge in [-0.25, -0.2) is 0 Å². The largest absolute Gasteiger partial charge is 0.311 e. The molecule has 2 rings (SSSR count). The standard InChI is InChI=1S/C15H23N3/c1-3-5-11-18-15-9-7-6-8-13(15)14(17-18)12-16-10-4-2/h6-9,16H,3-5,10-12H2,1-2H3. The van der Waals surface area contributed by atoms with E-state index in [1.54, 1.807) is 0 Å². The summed E-state index contributed by atoms with van der Waals surface area (Å²) in [5, 5.41) is 9.48. The zero-order valence-corrected chi connectivity index (χ0v) is 11.4. The second kappa shape index (κ2) is 6.55. The minimum atomic E-state index is 0.869. The Labute approximate surface area is 109 Å². The normalized spacial score (nSPS) is 11.2. The molecule has 0 radical (unpaired) electrons. The van der Waals surface area contributed by atoms with Gasteiger partial charge in [0.1, 0.15) is 0 Å². The summed E-state index contributed by atoms with van der Waals surface area (Å²) in [4.78, 5) is 0. The van der Waals surface area contributed by atoms with Gasteiger partial charge in [-0.15, -0.1) is 0 Å². The fourth-order valence-electron chi connectivity index (χ4n) is 2.19. The van der Waals surface area contributed by atoms with Crippen LogP contribution in [0.1, 0.15) is 38.8 Å². The molecule has 1 N–H and O–H groups in total. The van der Waals surface area contributed by atoms with E-state index in [1.165, 1.54) is 29.4 Å². The number of para-hydroxylation sites is 1. The van der Waals surface area contributed by atoms with Crippen LogP contribution in [0.5, 0.6) is 0 Å². The van der Waals surface area contributed by atoms with Gasteiger partial charge in [-0.3, -0.25) is 4.68 Å². The maximum absolute atomic E-state index is 4.75. The molecule has 1 heterocycles. The van der Waals surface area contributed by atoms with Gasteiger partial charge < -0.3 is 5.32 Å². The molecule has 0 spiro atoms. The van der Waals surface area contributed by atoms with E-state index < -0.39 is 0 Å². The van der Waals surface area contributed by atoms with Crippen molar-refractivity contribution in [2.24, 2.45) is 0 Å². The fraction of sp³-hybridized carbons (Fsp3) is 0.533.